The maximum Gasteiger partial charge on any atom is 0.241 e. The van der Waals surface area contributed by atoms with E-state index in [0.29, 0.717) is 29.5 Å². The maximum absolute atomic E-state index is 12.4. The van der Waals surface area contributed by atoms with Gasteiger partial charge >= 0.3 is 0 Å². The Bertz CT molecular complexity index is 676. The van der Waals surface area contributed by atoms with Crippen LogP contribution in [0.15, 0.2) is 21.5 Å². The Morgan fingerprint density at radius 2 is 2.09 bits per heavy atom. The van der Waals surface area contributed by atoms with Crippen LogP contribution in [0.25, 0.3) is 0 Å². The molecule has 2 rings (SSSR count). The lowest BCUT2D eigenvalue weighted by Crippen LogP contribution is -2.38. The predicted molar refractivity (Wildman–Crippen MR) is 89.4 cm³/mol. The molecule has 3 N–H and O–H groups in total. The average Bonchev–Trinajstić information content (AvgIpc) is 2.45. The number of hydrogen-bond acceptors (Lipinski definition) is 4. The molecular weight excluding hydrogens is 370 g/mol. The lowest BCUT2D eigenvalue weighted by Gasteiger charge is -2.19. The number of aryl methyl sites for hydroxylation is 1. The minimum atomic E-state index is -3.64. The van der Waals surface area contributed by atoms with Gasteiger partial charge in [0, 0.05) is 29.2 Å². The van der Waals surface area contributed by atoms with E-state index in [9.17, 15) is 13.2 Å². The first-order chi connectivity index (χ1) is 10.3. The van der Waals surface area contributed by atoms with Gasteiger partial charge in [0.05, 0.1) is 4.90 Å². The van der Waals surface area contributed by atoms with Gasteiger partial charge in [0.15, 0.2) is 0 Å². The number of benzene rings is 1. The van der Waals surface area contributed by atoms with Crippen LogP contribution in [-0.4, -0.2) is 33.5 Å². The van der Waals surface area contributed by atoms with Gasteiger partial charge in [-0.1, -0.05) is 6.92 Å². The maximum atomic E-state index is 12.4. The van der Waals surface area contributed by atoms with E-state index >= 15 is 0 Å². The molecule has 1 amide bonds. The normalized spacial score (nSPS) is 16.0. The van der Waals surface area contributed by atoms with Crippen molar-refractivity contribution in [2.75, 3.05) is 18.4 Å². The molecule has 0 aliphatic carbocycles. The van der Waals surface area contributed by atoms with Crippen molar-refractivity contribution in [2.24, 2.45) is 0 Å². The van der Waals surface area contributed by atoms with Crippen LogP contribution >= 0.6 is 15.9 Å². The molecule has 0 saturated heterocycles. The van der Waals surface area contributed by atoms with Gasteiger partial charge < -0.3 is 10.6 Å². The molecule has 0 unspecified atom stereocenters. The first kappa shape index (κ1) is 17.4. The molecule has 8 heteroatoms. The van der Waals surface area contributed by atoms with E-state index in [-0.39, 0.29) is 16.8 Å². The number of fused-ring (bicyclic) bond motifs is 1. The number of halogens is 1. The largest absolute Gasteiger partial charge is 0.326 e. The van der Waals surface area contributed by atoms with Crippen molar-refractivity contribution >= 4 is 37.5 Å². The van der Waals surface area contributed by atoms with Gasteiger partial charge in [0.2, 0.25) is 15.9 Å². The number of hydrogen-bond donors (Lipinski definition) is 3. The Labute approximate surface area is 139 Å². The lowest BCUT2D eigenvalue weighted by atomic mass is 10.0. The average molecular weight is 390 g/mol. The Morgan fingerprint density at radius 3 is 2.77 bits per heavy atom. The molecule has 1 aromatic rings. The summed E-state index contributed by atoms with van der Waals surface area (Å²) in [5.41, 5.74) is 1.51. The molecule has 0 spiro atoms. The zero-order chi connectivity index (χ0) is 16.3. The number of anilines is 1. The summed E-state index contributed by atoms with van der Waals surface area (Å²) < 4.78 is 28.0. The van der Waals surface area contributed by atoms with Gasteiger partial charge in [-0.05, 0) is 53.5 Å². The van der Waals surface area contributed by atoms with E-state index in [2.05, 4.69) is 31.3 Å². The van der Waals surface area contributed by atoms with E-state index in [1.165, 1.54) is 6.07 Å². The number of amides is 1. The monoisotopic (exact) mass is 389 g/mol. The third-order valence-electron chi connectivity index (χ3n) is 3.47. The van der Waals surface area contributed by atoms with Gasteiger partial charge in [0.25, 0.3) is 0 Å². The number of likely N-dealkylation sites (N-methyl/N-ethyl adjacent to an activating group) is 1. The number of sulfonamides is 1. The van der Waals surface area contributed by atoms with E-state index in [4.69, 9.17) is 0 Å². The van der Waals surface area contributed by atoms with Gasteiger partial charge in [-0.3, -0.25) is 4.79 Å². The first-order valence-electron chi connectivity index (χ1n) is 7.18. The number of carbonyl (C=O) groups is 1. The molecule has 1 aromatic carbocycles. The highest BCUT2D eigenvalue weighted by atomic mass is 79.9. The third kappa shape index (κ3) is 4.07. The van der Waals surface area contributed by atoms with Gasteiger partial charge in [-0.25, -0.2) is 13.1 Å². The van der Waals surface area contributed by atoms with Crippen molar-refractivity contribution in [3.63, 3.8) is 0 Å². The van der Waals surface area contributed by atoms with Crippen molar-refractivity contribution in [3.8, 4) is 0 Å². The molecule has 0 saturated carbocycles. The quantitative estimate of drug-likeness (QED) is 0.689. The Hall–Kier alpha value is -0.960. The molecule has 1 aliphatic heterocycles. The third-order valence-corrected chi connectivity index (χ3v) is 5.86. The smallest absolute Gasteiger partial charge is 0.241 e. The highest BCUT2D eigenvalue weighted by molar-refractivity contribution is 9.10. The molecule has 1 aliphatic rings. The van der Waals surface area contributed by atoms with Crippen LogP contribution in [0.3, 0.4) is 0 Å². The van der Waals surface area contributed by atoms with Crippen molar-refractivity contribution < 1.29 is 13.2 Å². The zero-order valence-corrected chi connectivity index (χ0v) is 15.0. The molecule has 1 heterocycles. The van der Waals surface area contributed by atoms with Crippen LogP contribution in [0, 0.1) is 0 Å². The summed E-state index contributed by atoms with van der Waals surface area (Å²) in [5, 5.41) is 5.86. The van der Waals surface area contributed by atoms with Crippen LogP contribution in [-0.2, 0) is 21.2 Å². The highest BCUT2D eigenvalue weighted by Gasteiger charge is 2.23. The SMILES string of the molecule is CCN[C@H](C)CNS(=O)(=O)c1cc2c(cc1Br)CCC(=O)N2. The summed E-state index contributed by atoms with van der Waals surface area (Å²) in [6, 6.07) is 3.31. The fourth-order valence-corrected chi connectivity index (χ4v) is 4.56. The van der Waals surface area contributed by atoms with Crippen LogP contribution in [0.5, 0.6) is 0 Å². The fraction of sp³-hybridized carbons (Fsp3) is 0.500. The second-order valence-corrected chi connectivity index (χ2v) is 7.89. The van der Waals surface area contributed by atoms with Crippen molar-refractivity contribution in [2.45, 2.75) is 37.6 Å². The second kappa shape index (κ2) is 7.08. The molecule has 1 atom stereocenters. The zero-order valence-electron chi connectivity index (χ0n) is 12.6. The number of carbonyl (C=O) groups excluding carboxylic acids is 1. The summed E-state index contributed by atoms with van der Waals surface area (Å²) in [6.45, 7) is 4.95. The fourth-order valence-electron chi connectivity index (χ4n) is 2.32. The highest BCUT2D eigenvalue weighted by Crippen LogP contribution is 2.31. The predicted octanol–water partition coefficient (Wildman–Crippen LogP) is 1.61. The number of nitrogens with one attached hydrogen (secondary N) is 3. The molecule has 22 heavy (non-hydrogen) atoms. The summed E-state index contributed by atoms with van der Waals surface area (Å²) in [4.78, 5) is 11.6. The summed E-state index contributed by atoms with van der Waals surface area (Å²) in [6.07, 6.45) is 1.04. The minimum Gasteiger partial charge on any atom is -0.326 e. The van der Waals surface area contributed by atoms with Gasteiger partial charge in [-0.2, -0.15) is 0 Å². The van der Waals surface area contributed by atoms with Crippen molar-refractivity contribution in [1.82, 2.24) is 10.0 Å². The Kier molecular flexibility index (Phi) is 5.60. The van der Waals surface area contributed by atoms with Crippen LogP contribution in [0.2, 0.25) is 0 Å². The molecule has 6 nitrogen and oxygen atoms in total. The minimum absolute atomic E-state index is 0.0379. The molecule has 0 aromatic heterocycles. The standard InChI is InChI=1S/C14H20BrN3O3S/c1-3-16-9(2)8-17-22(20,21)13-7-12-10(6-11(13)15)4-5-14(19)18-12/h6-7,9,16-17H,3-5,8H2,1-2H3,(H,18,19)/t9-/m1/s1. The molecule has 0 fully saturated rings. The molecule has 0 bridgehead atoms. The van der Waals surface area contributed by atoms with Crippen LogP contribution in [0.4, 0.5) is 5.69 Å². The summed E-state index contributed by atoms with van der Waals surface area (Å²) in [5.74, 6) is -0.0908. The molecular formula is C14H20BrN3O3S. The summed E-state index contributed by atoms with van der Waals surface area (Å²) >= 11 is 3.32. The Morgan fingerprint density at radius 1 is 1.36 bits per heavy atom. The first-order valence-corrected chi connectivity index (χ1v) is 9.46. The van der Waals surface area contributed by atoms with E-state index in [1.54, 1.807) is 6.07 Å². The topological polar surface area (TPSA) is 87.3 Å². The second-order valence-electron chi connectivity index (χ2n) is 5.30. The van der Waals surface area contributed by atoms with Crippen LogP contribution in [0.1, 0.15) is 25.8 Å². The number of rotatable bonds is 6. The van der Waals surface area contributed by atoms with E-state index in [0.717, 1.165) is 12.1 Å². The van der Waals surface area contributed by atoms with Gasteiger partial charge in [0.1, 0.15) is 0 Å². The summed E-state index contributed by atoms with van der Waals surface area (Å²) in [7, 11) is -3.64. The molecule has 0 radical (unpaired) electrons. The van der Waals surface area contributed by atoms with Crippen molar-refractivity contribution in [3.05, 3.63) is 22.2 Å². The van der Waals surface area contributed by atoms with Crippen LogP contribution < -0.4 is 15.4 Å². The molecule has 122 valence electrons. The lowest BCUT2D eigenvalue weighted by molar-refractivity contribution is -0.116. The van der Waals surface area contributed by atoms with E-state index < -0.39 is 10.0 Å². The van der Waals surface area contributed by atoms with E-state index in [1.807, 2.05) is 13.8 Å². The van der Waals surface area contributed by atoms with Gasteiger partial charge in [-0.15, -0.1) is 0 Å². The Balaban J connectivity index is 2.23. The van der Waals surface area contributed by atoms with Crippen molar-refractivity contribution in [1.29, 1.82) is 0 Å².